The minimum absolute atomic E-state index is 0.779. The van der Waals surface area contributed by atoms with E-state index in [1.165, 1.54) is 44.3 Å². The molecule has 37 heavy (non-hydrogen) atoms. The summed E-state index contributed by atoms with van der Waals surface area (Å²) in [5, 5.41) is 5.16. The molecule has 0 saturated carbocycles. The lowest BCUT2D eigenvalue weighted by molar-refractivity contribution is -0.421. The van der Waals surface area contributed by atoms with E-state index in [1.54, 1.807) is 0 Å². The quantitative estimate of drug-likeness (QED) is 0.379. The van der Waals surface area contributed by atoms with Gasteiger partial charge in [0, 0.05) is 37.0 Å². The van der Waals surface area contributed by atoms with E-state index in [4.69, 9.17) is 9.47 Å². The third-order valence-corrected chi connectivity index (χ3v) is 7.90. The molecule has 2 saturated heterocycles. The molecule has 3 heterocycles. The zero-order valence-corrected chi connectivity index (χ0v) is 21.2. The number of rotatable bonds is 4. The average molecular weight is 494 g/mol. The third kappa shape index (κ3) is 4.10. The lowest BCUT2D eigenvalue weighted by Gasteiger charge is -2.31. The fourth-order valence-electron chi connectivity index (χ4n) is 6.05. The molecule has 4 aromatic carbocycles. The minimum atomic E-state index is 0.779. The van der Waals surface area contributed by atoms with E-state index in [0.29, 0.717) is 0 Å². The number of fused-ring (bicyclic) bond motifs is 2. The number of anilines is 3. The molecule has 4 aromatic rings. The summed E-state index contributed by atoms with van der Waals surface area (Å²) in [7, 11) is 0. The number of benzene rings is 4. The monoisotopic (exact) mass is 493 g/mol. The van der Waals surface area contributed by atoms with Crippen LogP contribution in [0.4, 0.5) is 22.7 Å². The van der Waals surface area contributed by atoms with E-state index >= 15 is 0 Å². The highest BCUT2D eigenvalue weighted by atomic mass is 16.5. The van der Waals surface area contributed by atoms with E-state index in [-0.39, 0.29) is 0 Å². The van der Waals surface area contributed by atoms with Crippen LogP contribution in [-0.4, -0.2) is 76.6 Å². The molecule has 0 unspecified atom stereocenters. The van der Waals surface area contributed by atoms with Gasteiger partial charge in [0.15, 0.2) is 11.4 Å². The van der Waals surface area contributed by atoms with E-state index in [2.05, 4.69) is 98.4 Å². The summed E-state index contributed by atoms with van der Waals surface area (Å²) in [6, 6.07) is 26.7. The maximum atomic E-state index is 5.68. The van der Waals surface area contributed by atoms with Gasteiger partial charge < -0.3 is 19.3 Å². The average Bonchev–Trinajstić information content (AvgIpc) is 3.46. The SMILES string of the molecule is C1=[N+](c2c(N3CCOCC3)ccc3ccccc23)CCN1c1c(N2CCOCC2)ccc2ccccc12. The Bertz CT molecular complexity index is 1470. The van der Waals surface area contributed by atoms with Crippen LogP contribution in [-0.2, 0) is 9.47 Å². The normalized spacial score (nSPS) is 18.6. The standard InChI is InChI=1S/C31H33N4O2/c1-3-7-26-24(5-1)9-11-28(32-15-19-36-20-16-32)30(26)34-13-14-35(23-34)31-27-8-4-2-6-25(27)10-12-29(31)33-17-21-37-22-18-33/h1-12,23H,13-22H2/q+1. The van der Waals surface area contributed by atoms with Gasteiger partial charge in [-0.15, -0.1) is 0 Å². The van der Waals surface area contributed by atoms with Crippen LogP contribution in [0.2, 0.25) is 0 Å². The lowest BCUT2D eigenvalue weighted by atomic mass is 10.1. The molecule has 0 N–H and O–H groups in total. The zero-order valence-electron chi connectivity index (χ0n) is 21.2. The molecule has 0 atom stereocenters. The summed E-state index contributed by atoms with van der Waals surface area (Å²) in [4.78, 5) is 7.44. The van der Waals surface area contributed by atoms with Crippen molar-refractivity contribution in [2.45, 2.75) is 0 Å². The number of hydrogen-bond acceptors (Lipinski definition) is 5. The van der Waals surface area contributed by atoms with Crippen molar-refractivity contribution in [1.29, 1.82) is 0 Å². The van der Waals surface area contributed by atoms with Gasteiger partial charge in [-0.25, -0.2) is 9.48 Å². The Kier molecular flexibility index (Phi) is 5.91. The van der Waals surface area contributed by atoms with Gasteiger partial charge in [0.05, 0.1) is 37.8 Å². The van der Waals surface area contributed by atoms with Crippen molar-refractivity contribution in [3.8, 4) is 0 Å². The van der Waals surface area contributed by atoms with Crippen molar-refractivity contribution >= 4 is 50.6 Å². The van der Waals surface area contributed by atoms with E-state index in [9.17, 15) is 0 Å². The molecule has 6 heteroatoms. The first-order chi connectivity index (χ1) is 18.4. The van der Waals surface area contributed by atoms with Gasteiger partial charge in [-0.05, 0) is 22.9 Å². The Morgan fingerprint density at radius 3 is 1.84 bits per heavy atom. The Labute approximate surface area is 217 Å². The van der Waals surface area contributed by atoms with Gasteiger partial charge in [-0.2, -0.15) is 0 Å². The molecular weight excluding hydrogens is 460 g/mol. The smallest absolute Gasteiger partial charge is 0.244 e. The molecule has 188 valence electrons. The largest absolute Gasteiger partial charge is 0.378 e. The van der Waals surface area contributed by atoms with Crippen molar-refractivity contribution in [2.24, 2.45) is 0 Å². The summed E-state index contributed by atoms with van der Waals surface area (Å²) in [6.45, 7) is 8.69. The number of ether oxygens (including phenoxy) is 2. The predicted octanol–water partition coefficient (Wildman–Crippen LogP) is 4.86. The Balaban J connectivity index is 1.37. The number of hydrogen-bond donors (Lipinski definition) is 0. The highest BCUT2D eigenvalue weighted by Crippen LogP contribution is 2.40. The highest BCUT2D eigenvalue weighted by molar-refractivity contribution is 6.06. The minimum Gasteiger partial charge on any atom is -0.378 e. The van der Waals surface area contributed by atoms with Crippen LogP contribution >= 0.6 is 0 Å². The first kappa shape index (κ1) is 22.6. The molecule has 2 fully saturated rings. The van der Waals surface area contributed by atoms with Crippen molar-refractivity contribution in [3.05, 3.63) is 72.8 Å². The van der Waals surface area contributed by atoms with Gasteiger partial charge in [-0.3, -0.25) is 0 Å². The van der Waals surface area contributed by atoms with Gasteiger partial charge >= 0.3 is 0 Å². The fraction of sp³-hybridized carbons (Fsp3) is 0.323. The summed E-state index contributed by atoms with van der Waals surface area (Å²) in [6.07, 6.45) is 2.34. The van der Waals surface area contributed by atoms with Crippen LogP contribution in [0.1, 0.15) is 0 Å². The van der Waals surface area contributed by atoms with Crippen LogP contribution in [0.3, 0.4) is 0 Å². The molecule has 7 rings (SSSR count). The van der Waals surface area contributed by atoms with Crippen LogP contribution in [0.25, 0.3) is 21.5 Å². The van der Waals surface area contributed by atoms with Gasteiger partial charge in [0.2, 0.25) is 6.34 Å². The number of morpholine rings is 2. The number of nitrogens with zero attached hydrogens (tertiary/aromatic N) is 4. The van der Waals surface area contributed by atoms with E-state index in [1.807, 2.05) is 0 Å². The van der Waals surface area contributed by atoms with Gasteiger partial charge in [0.1, 0.15) is 13.1 Å². The molecule has 6 nitrogen and oxygen atoms in total. The second-order valence-electron chi connectivity index (χ2n) is 10.0. The Hall–Kier alpha value is -3.61. The van der Waals surface area contributed by atoms with Crippen LogP contribution < -0.4 is 14.7 Å². The molecule has 0 aromatic heterocycles. The summed E-state index contributed by atoms with van der Waals surface area (Å²) < 4.78 is 13.8. The van der Waals surface area contributed by atoms with Crippen molar-refractivity contribution in [3.63, 3.8) is 0 Å². The van der Waals surface area contributed by atoms with E-state index in [0.717, 1.165) is 65.7 Å². The van der Waals surface area contributed by atoms with Crippen molar-refractivity contribution < 1.29 is 14.0 Å². The fourth-order valence-corrected chi connectivity index (χ4v) is 6.05. The second-order valence-corrected chi connectivity index (χ2v) is 10.0. The summed E-state index contributed by atoms with van der Waals surface area (Å²) in [5.74, 6) is 0. The molecule has 0 radical (unpaired) electrons. The van der Waals surface area contributed by atoms with Crippen LogP contribution in [0.15, 0.2) is 72.8 Å². The lowest BCUT2D eigenvalue weighted by Crippen LogP contribution is -2.37. The molecule has 0 amide bonds. The maximum absolute atomic E-state index is 5.68. The summed E-state index contributed by atoms with van der Waals surface area (Å²) in [5.41, 5.74) is 5.20. The van der Waals surface area contributed by atoms with Crippen LogP contribution in [0.5, 0.6) is 0 Å². The van der Waals surface area contributed by atoms with Gasteiger partial charge in [-0.1, -0.05) is 60.7 Å². The molecule has 0 bridgehead atoms. The molecule has 3 aliphatic rings. The molecule has 0 spiro atoms. The van der Waals surface area contributed by atoms with Crippen LogP contribution in [0, 0.1) is 0 Å². The second kappa shape index (κ2) is 9.69. The third-order valence-electron chi connectivity index (χ3n) is 7.90. The Morgan fingerprint density at radius 1 is 0.568 bits per heavy atom. The van der Waals surface area contributed by atoms with Crippen molar-refractivity contribution in [1.82, 2.24) is 0 Å². The Morgan fingerprint density at radius 2 is 1.14 bits per heavy atom. The maximum Gasteiger partial charge on any atom is 0.244 e. The zero-order chi connectivity index (χ0) is 24.6. The highest BCUT2D eigenvalue weighted by Gasteiger charge is 2.31. The molecule has 3 aliphatic heterocycles. The topological polar surface area (TPSA) is 31.2 Å². The molecule has 0 aliphatic carbocycles. The van der Waals surface area contributed by atoms with Crippen molar-refractivity contribution in [2.75, 3.05) is 80.4 Å². The first-order valence-electron chi connectivity index (χ1n) is 13.4. The first-order valence-corrected chi connectivity index (χ1v) is 13.4. The summed E-state index contributed by atoms with van der Waals surface area (Å²) >= 11 is 0. The van der Waals surface area contributed by atoms with E-state index < -0.39 is 0 Å². The predicted molar refractivity (Wildman–Crippen MR) is 152 cm³/mol. The van der Waals surface area contributed by atoms with Gasteiger partial charge in [0.25, 0.3) is 0 Å². The molecular formula is C31H33N4O2+.